The maximum absolute atomic E-state index is 12.6. The number of hydrogen-bond donors (Lipinski definition) is 1. The summed E-state index contributed by atoms with van der Waals surface area (Å²) < 4.78 is 0.851. The highest BCUT2D eigenvalue weighted by Gasteiger charge is 2.35. The Bertz CT molecular complexity index is 837. The summed E-state index contributed by atoms with van der Waals surface area (Å²) >= 11 is 3.47. The number of pyridine rings is 1. The smallest absolute Gasteiger partial charge is 0.227 e. The first kappa shape index (κ1) is 20.3. The van der Waals surface area contributed by atoms with Crippen LogP contribution in [-0.2, 0) is 16.1 Å². The van der Waals surface area contributed by atoms with Crippen molar-refractivity contribution in [1.82, 2.24) is 10.3 Å². The monoisotopic (exact) mass is 444 g/mol. The Hall–Kier alpha value is -2.41. The van der Waals surface area contributed by atoms with E-state index in [0.29, 0.717) is 13.1 Å². The average molecular weight is 445 g/mol. The van der Waals surface area contributed by atoms with Crippen molar-refractivity contribution < 1.29 is 9.59 Å². The maximum Gasteiger partial charge on any atom is 0.227 e. The van der Waals surface area contributed by atoms with Crippen LogP contribution in [0.15, 0.2) is 47.1 Å². The molecule has 0 spiro atoms. The van der Waals surface area contributed by atoms with Gasteiger partial charge in [-0.1, -0.05) is 18.2 Å². The van der Waals surface area contributed by atoms with E-state index < -0.39 is 0 Å². The van der Waals surface area contributed by atoms with Crippen molar-refractivity contribution in [3.05, 3.63) is 52.6 Å². The molecule has 1 unspecified atom stereocenters. The third-order valence-electron chi connectivity index (χ3n) is 5.00. The largest absolute Gasteiger partial charge is 0.357 e. The number of benzene rings is 1. The Balaban J connectivity index is 1.57. The normalized spacial score (nSPS) is 16.3. The summed E-state index contributed by atoms with van der Waals surface area (Å²) in [7, 11) is 0. The molecule has 1 fully saturated rings. The number of amides is 2. The van der Waals surface area contributed by atoms with Gasteiger partial charge in [0.05, 0.1) is 11.6 Å². The zero-order valence-corrected chi connectivity index (χ0v) is 17.8. The number of nitrogens with one attached hydrogen (secondary N) is 1. The number of anilines is 2. The molecule has 28 heavy (non-hydrogen) atoms. The zero-order chi connectivity index (χ0) is 20.1. The van der Waals surface area contributed by atoms with E-state index >= 15 is 0 Å². The first-order chi connectivity index (χ1) is 13.5. The van der Waals surface area contributed by atoms with Gasteiger partial charge in [0.2, 0.25) is 11.8 Å². The van der Waals surface area contributed by atoms with Crippen LogP contribution in [0.25, 0.3) is 0 Å². The van der Waals surface area contributed by atoms with E-state index in [0.717, 1.165) is 34.6 Å². The Kier molecular flexibility index (Phi) is 6.67. The molecule has 3 rings (SSSR count). The minimum absolute atomic E-state index is 0.0303. The van der Waals surface area contributed by atoms with E-state index in [1.807, 2.05) is 36.4 Å². The van der Waals surface area contributed by atoms with Crippen LogP contribution in [0.1, 0.15) is 25.8 Å². The van der Waals surface area contributed by atoms with Gasteiger partial charge in [-0.25, -0.2) is 4.98 Å². The fourth-order valence-corrected chi connectivity index (χ4v) is 3.87. The molecule has 1 aliphatic rings. The van der Waals surface area contributed by atoms with E-state index in [4.69, 9.17) is 0 Å². The summed E-state index contributed by atoms with van der Waals surface area (Å²) in [4.78, 5) is 33.3. The zero-order valence-electron chi connectivity index (χ0n) is 16.2. The van der Waals surface area contributed by atoms with Gasteiger partial charge in [0, 0.05) is 43.3 Å². The second-order valence-corrected chi connectivity index (χ2v) is 7.63. The highest BCUT2D eigenvalue weighted by atomic mass is 79.9. The summed E-state index contributed by atoms with van der Waals surface area (Å²) in [5, 5.41) is 2.94. The number of para-hydroxylation sites is 1. The highest BCUT2D eigenvalue weighted by Crippen LogP contribution is 2.31. The summed E-state index contributed by atoms with van der Waals surface area (Å²) in [6.45, 7) is 6.81. The predicted octanol–water partition coefficient (Wildman–Crippen LogP) is 3.36. The third kappa shape index (κ3) is 4.52. The van der Waals surface area contributed by atoms with Crippen LogP contribution >= 0.6 is 15.9 Å². The van der Waals surface area contributed by atoms with Gasteiger partial charge in [-0.15, -0.1) is 0 Å². The quantitative estimate of drug-likeness (QED) is 0.710. The Morgan fingerprint density at radius 1 is 1.25 bits per heavy atom. The molecular formula is C21H25BrN4O2. The number of halogens is 1. The molecule has 1 saturated heterocycles. The average Bonchev–Trinajstić information content (AvgIpc) is 3.10. The van der Waals surface area contributed by atoms with Crippen LogP contribution in [0, 0.1) is 5.92 Å². The molecule has 2 aromatic rings. The summed E-state index contributed by atoms with van der Waals surface area (Å²) in [6.07, 6.45) is 2.02. The molecule has 148 valence electrons. The summed E-state index contributed by atoms with van der Waals surface area (Å²) in [5.74, 6) is 0.459. The van der Waals surface area contributed by atoms with Gasteiger partial charge >= 0.3 is 0 Å². The second kappa shape index (κ2) is 9.19. The Morgan fingerprint density at radius 3 is 2.64 bits per heavy atom. The topological polar surface area (TPSA) is 65.5 Å². The molecule has 0 bridgehead atoms. The predicted molar refractivity (Wildman–Crippen MR) is 114 cm³/mol. The van der Waals surface area contributed by atoms with Crippen LogP contribution in [0.4, 0.5) is 11.5 Å². The number of aromatic nitrogens is 1. The lowest BCUT2D eigenvalue weighted by molar-refractivity contribution is -0.126. The SMILES string of the molecule is CCN(CC)c1ccc(CNC(=O)C2CC(=O)N(c3ccccc3Br)C2)cn1. The van der Waals surface area contributed by atoms with Crippen LogP contribution in [0.5, 0.6) is 0 Å². The van der Waals surface area contributed by atoms with Crippen LogP contribution in [0.2, 0.25) is 0 Å². The van der Waals surface area contributed by atoms with Crippen molar-refractivity contribution in [3.8, 4) is 0 Å². The molecule has 6 nitrogen and oxygen atoms in total. The van der Waals surface area contributed by atoms with Crippen molar-refractivity contribution in [2.75, 3.05) is 29.4 Å². The molecule has 0 saturated carbocycles. The first-order valence-electron chi connectivity index (χ1n) is 9.56. The molecule has 7 heteroatoms. The highest BCUT2D eigenvalue weighted by molar-refractivity contribution is 9.10. The molecule has 1 aromatic heterocycles. The van der Waals surface area contributed by atoms with Crippen molar-refractivity contribution in [2.24, 2.45) is 5.92 Å². The minimum atomic E-state index is -0.345. The molecule has 1 atom stereocenters. The second-order valence-electron chi connectivity index (χ2n) is 6.77. The Labute approximate surface area is 174 Å². The van der Waals surface area contributed by atoms with Gasteiger partial charge in [0.25, 0.3) is 0 Å². The summed E-state index contributed by atoms with van der Waals surface area (Å²) in [6, 6.07) is 11.5. The van der Waals surface area contributed by atoms with E-state index in [9.17, 15) is 9.59 Å². The lowest BCUT2D eigenvalue weighted by atomic mass is 10.1. The maximum atomic E-state index is 12.6. The number of hydrogen-bond acceptors (Lipinski definition) is 4. The van der Waals surface area contributed by atoms with E-state index in [2.05, 4.69) is 45.0 Å². The standard InChI is InChI=1S/C21H25BrN4O2/c1-3-25(4-2)19-10-9-15(12-23-19)13-24-21(28)16-11-20(27)26(14-16)18-8-6-5-7-17(18)22/h5-10,12,16H,3-4,11,13-14H2,1-2H3,(H,24,28). The lowest BCUT2D eigenvalue weighted by Crippen LogP contribution is -2.32. The molecular weight excluding hydrogens is 420 g/mol. The molecule has 1 aromatic carbocycles. The molecule has 1 N–H and O–H groups in total. The van der Waals surface area contributed by atoms with Crippen LogP contribution < -0.4 is 15.1 Å². The molecule has 1 aliphatic heterocycles. The van der Waals surface area contributed by atoms with Crippen molar-refractivity contribution in [3.63, 3.8) is 0 Å². The van der Waals surface area contributed by atoms with Crippen LogP contribution in [-0.4, -0.2) is 36.4 Å². The third-order valence-corrected chi connectivity index (χ3v) is 5.67. The lowest BCUT2D eigenvalue weighted by Gasteiger charge is -2.20. The van der Waals surface area contributed by atoms with Gasteiger partial charge in [-0.3, -0.25) is 9.59 Å². The molecule has 2 amide bonds. The number of carbonyl (C=O) groups is 2. The number of rotatable bonds is 7. The molecule has 0 radical (unpaired) electrons. The minimum Gasteiger partial charge on any atom is -0.357 e. The van der Waals surface area contributed by atoms with Gasteiger partial charge in [-0.2, -0.15) is 0 Å². The van der Waals surface area contributed by atoms with Gasteiger partial charge in [-0.05, 0) is 53.5 Å². The van der Waals surface area contributed by atoms with E-state index in [-0.39, 0.29) is 24.2 Å². The van der Waals surface area contributed by atoms with Crippen molar-refractivity contribution in [2.45, 2.75) is 26.8 Å². The Morgan fingerprint density at radius 2 is 2.00 bits per heavy atom. The van der Waals surface area contributed by atoms with E-state index in [1.165, 1.54) is 0 Å². The molecule has 2 heterocycles. The fourth-order valence-electron chi connectivity index (χ4n) is 3.38. The molecule has 0 aliphatic carbocycles. The van der Waals surface area contributed by atoms with Crippen molar-refractivity contribution >= 4 is 39.2 Å². The number of nitrogens with zero attached hydrogens (tertiary/aromatic N) is 3. The van der Waals surface area contributed by atoms with Gasteiger partial charge in [0.15, 0.2) is 0 Å². The van der Waals surface area contributed by atoms with Gasteiger partial charge in [0.1, 0.15) is 5.82 Å². The van der Waals surface area contributed by atoms with Crippen molar-refractivity contribution in [1.29, 1.82) is 0 Å². The first-order valence-corrected chi connectivity index (χ1v) is 10.3. The number of carbonyl (C=O) groups excluding carboxylic acids is 2. The van der Waals surface area contributed by atoms with Gasteiger partial charge < -0.3 is 15.1 Å². The van der Waals surface area contributed by atoms with Crippen LogP contribution in [0.3, 0.4) is 0 Å². The van der Waals surface area contributed by atoms with E-state index in [1.54, 1.807) is 11.1 Å². The fraction of sp³-hybridized carbons (Fsp3) is 0.381. The summed E-state index contributed by atoms with van der Waals surface area (Å²) in [5.41, 5.74) is 1.75.